The first-order valence-corrected chi connectivity index (χ1v) is 21.1. The quantitative estimate of drug-likeness (QED) is 0.149. The van der Waals surface area contributed by atoms with Crippen LogP contribution in [-0.2, 0) is 42.9 Å². The first kappa shape index (κ1) is 45.0. The van der Waals surface area contributed by atoms with Gasteiger partial charge < -0.3 is 30.0 Å². The molecule has 0 aromatic rings. The molecule has 314 valence electrons. The summed E-state index contributed by atoms with van der Waals surface area (Å²) in [5, 5.41) is 2.58. The molecule has 0 aromatic carbocycles. The van der Waals surface area contributed by atoms with Gasteiger partial charge in [-0.2, -0.15) is 0 Å². The predicted molar refractivity (Wildman–Crippen MR) is 210 cm³/mol. The summed E-state index contributed by atoms with van der Waals surface area (Å²) in [6.45, 7) is 23.5. The molecule has 0 aliphatic heterocycles. The normalized spacial score (nSPS) is 32.4. The van der Waals surface area contributed by atoms with Gasteiger partial charge in [0.2, 0.25) is 5.91 Å². The Morgan fingerprint density at radius 3 is 1.85 bits per heavy atom. The van der Waals surface area contributed by atoms with E-state index in [-0.39, 0.29) is 29.3 Å². The summed E-state index contributed by atoms with van der Waals surface area (Å²) in [4.78, 5) is 64.6. The minimum absolute atomic E-state index is 0.0990. The number of carbonyl (C=O) groups is 5. The second-order valence-electron chi connectivity index (χ2n) is 21.1. The predicted octanol–water partition coefficient (Wildman–Crippen LogP) is 7.59. The van der Waals surface area contributed by atoms with Gasteiger partial charge in [-0.3, -0.25) is 19.2 Å². The number of esters is 4. The standard InChI is InChI=1S/C44H74N2O9/c1-26(13-18-35(47)53-40(2,3)4)30-16-17-31-29-15-14-27-23-28(19-21-43(27,11)32(29)20-22-44(30,31)12)52-39(51)34(25-37(49)55-42(8,9)10)46-38(50)33(45)24-36(48)54-41(5,6)7/h26-34H,13-25,45H2,1-12H3,(H,46,50)/t26-,27-,28+,29+,30?,31+,32+,33?,34+,43+,44-/m1/s1. The lowest BCUT2D eigenvalue weighted by molar-refractivity contribution is -0.169. The maximum absolute atomic E-state index is 13.7. The second kappa shape index (κ2) is 17.0. The van der Waals surface area contributed by atoms with Gasteiger partial charge in [0.25, 0.3) is 0 Å². The van der Waals surface area contributed by atoms with Crippen molar-refractivity contribution in [3.05, 3.63) is 0 Å². The molecule has 0 bridgehead atoms. The Labute approximate surface area is 331 Å². The molecular weight excluding hydrogens is 700 g/mol. The molecule has 0 radical (unpaired) electrons. The summed E-state index contributed by atoms with van der Waals surface area (Å²) in [7, 11) is 0. The van der Waals surface area contributed by atoms with Crippen LogP contribution < -0.4 is 11.1 Å². The summed E-state index contributed by atoms with van der Waals surface area (Å²) in [6.07, 6.45) is 9.83. The van der Waals surface area contributed by atoms with Gasteiger partial charge in [-0.05, 0) is 173 Å². The van der Waals surface area contributed by atoms with Gasteiger partial charge in [0, 0.05) is 6.42 Å². The topological polar surface area (TPSA) is 160 Å². The van der Waals surface area contributed by atoms with Crippen LogP contribution in [0, 0.1) is 46.3 Å². The number of carbonyl (C=O) groups excluding carboxylic acids is 5. The van der Waals surface area contributed by atoms with E-state index in [1.54, 1.807) is 41.5 Å². The Hall–Kier alpha value is -2.69. The molecule has 3 N–H and O–H groups in total. The minimum atomic E-state index is -1.31. The van der Waals surface area contributed by atoms with Gasteiger partial charge in [0.15, 0.2) is 0 Å². The van der Waals surface area contributed by atoms with Crippen LogP contribution in [0.25, 0.3) is 0 Å². The monoisotopic (exact) mass is 775 g/mol. The molecule has 0 spiro atoms. The van der Waals surface area contributed by atoms with E-state index in [1.165, 1.54) is 32.1 Å². The lowest BCUT2D eigenvalue weighted by atomic mass is 9.44. The molecule has 4 aliphatic carbocycles. The molecule has 11 atom stereocenters. The van der Waals surface area contributed by atoms with Crippen molar-refractivity contribution in [2.45, 2.75) is 202 Å². The second-order valence-corrected chi connectivity index (χ2v) is 21.1. The van der Waals surface area contributed by atoms with Crippen molar-refractivity contribution < 1.29 is 42.9 Å². The summed E-state index contributed by atoms with van der Waals surface area (Å²) in [5.41, 5.74) is 4.51. The van der Waals surface area contributed by atoms with E-state index in [0.29, 0.717) is 41.9 Å². The molecule has 0 saturated heterocycles. The molecule has 2 unspecified atom stereocenters. The van der Waals surface area contributed by atoms with Gasteiger partial charge in [0.1, 0.15) is 28.9 Å². The maximum Gasteiger partial charge on any atom is 0.329 e. The zero-order chi connectivity index (χ0) is 41.3. The van der Waals surface area contributed by atoms with Crippen molar-refractivity contribution in [2.75, 3.05) is 0 Å². The Bertz CT molecular complexity index is 1410. The zero-order valence-corrected chi connectivity index (χ0v) is 36.1. The lowest BCUT2D eigenvalue weighted by Crippen LogP contribution is -2.55. The van der Waals surface area contributed by atoms with E-state index < -0.39 is 59.1 Å². The molecule has 0 aromatic heterocycles. The van der Waals surface area contributed by atoms with Crippen molar-refractivity contribution >= 4 is 29.8 Å². The van der Waals surface area contributed by atoms with Gasteiger partial charge >= 0.3 is 23.9 Å². The number of fused-ring (bicyclic) bond motifs is 5. The molecule has 4 aliphatic rings. The van der Waals surface area contributed by atoms with Crippen LogP contribution in [0.1, 0.15) is 167 Å². The molecule has 1 amide bonds. The molecular formula is C44H74N2O9. The smallest absolute Gasteiger partial charge is 0.329 e. The Morgan fingerprint density at radius 1 is 0.709 bits per heavy atom. The number of nitrogens with one attached hydrogen (secondary N) is 1. The molecule has 55 heavy (non-hydrogen) atoms. The summed E-state index contributed by atoms with van der Waals surface area (Å²) in [6, 6.07) is -2.59. The molecule has 11 nitrogen and oxygen atoms in total. The first-order chi connectivity index (χ1) is 25.2. The maximum atomic E-state index is 13.7. The number of rotatable bonds is 12. The van der Waals surface area contributed by atoms with Crippen LogP contribution in [0.4, 0.5) is 0 Å². The van der Waals surface area contributed by atoms with E-state index in [4.69, 9.17) is 24.7 Å². The highest BCUT2D eigenvalue weighted by Crippen LogP contribution is 2.68. The minimum Gasteiger partial charge on any atom is -0.461 e. The van der Waals surface area contributed by atoms with Crippen molar-refractivity contribution in [3.63, 3.8) is 0 Å². The highest BCUT2D eigenvalue weighted by atomic mass is 16.6. The first-order valence-electron chi connectivity index (χ1n) is 21.1. The molecule has 4 rings (SSSR count). The largest absolute Gasteiger partial charge is 0.461 e. The van der Waals surface area contributed by atoms with Crippen LogP contribution in [-0.4, -0.2) is 64.8 Å². The van der Waals surface area contributed by atoms with Crippen LogP contribution >= 0.6 is 0 Å². The Balaban J connectivity index is 1.38. The number of nitrogens with two attached hydrogens (primary N) is 1. The van der Waals surface area contributed by atoms with Crippen LogP contribution in [0.2, 0.25) is 0 Å². The zero-order valence-electron chi connectivity index (χ0n) is 36.1. The third-order valence-corrected chi connectivity index (χ3v) is 13.4. The summed E-state index contributed by atoms with van der Waals surface area (Å²) in [5.74, 6) is 0.661. The lowest BCUT2D eigenvalue weighted by Gasteiger charge is -2.61. The fourth-order valence-corrected chi connectivity index (χ4v) is 11.2. The Morgan fingerprint density at radius 2 is 1.25 bits per heavy atom. The van der Waals surface area contributed by atoms with Gasteiger partial charge in [-0.15, -0.1) is 0 Å². The molecule has 4 saturated carbocycles. The van der Waals surface area contributed by atoms with Crippen molar-refractivity contribution in [3.8, 4) is 0 Å². The van der Waals surface area contributed by atoms with Crippen molar-refractivity contribution in [1.29, 1.82) is 0 Å². The van der Waals surface area contributed by atoms with E-state index in [9.17, 15) is 24.0 Å². The van der Waals surface area contributed by atoms with Crippen LogP contribution in [0.5, 0.6) is 0 Å². The third kappa shape index (κ3) is 11.7. The molecule has 4 fully saturated rings. The number of hydrogen-bond acceptors (Lipinski definition) is 10. The Kier molecular flexibility index (Phi) is 13.9. The molecule has 11 heteroatoms. The number of ether oxygens (including phenoxy) is 4. The van der Waals surface area contributed by atoms with Gasteiger partial charge in [0.05, 0.1) is 18.9 Å². The number of hydrogen-bond donors (Lipinski definition) is 2. The fourth-order valence-electron chi connectivity index (χ4n) is 11.2. The van der Waals surface area contributed by atoms with Gasteiger partial charge in [-0.1, -0.05) is 20.8 Å². The summed E-state index contributed by atoms with van der Waals surface area (Å²) < 4.78 is 22.5. The van der Waals surface area contributed by atoms with Crippen molar-refractivity contribution in [1.82, 2.24) is 5.32 Å². The van der Waals surface area contributed by atoms with E-state index in [1.807, 2.05) is 20.8 Å². The highest BCUT2D eigenvalue weighted by Gasteiger charge is 2.61. The van der Waals surface area contributed by atoms with Crippen LogP contribution in [0.15, 0.2) is 0 Å². The third-order valence-electron chi connectivity index (χ3n) is 13.4. The average molecular weight is 775 g/mol. The van der Waals surface area contributed by atoms with Crippen molar-refractivity contribution in [2.24, 2.45) is 52.1 Å². The average Bonchev–Trinajstić information content (AvgIpc) is 3.38. The highest BCUT2D eigenvalue weighted by molar-refractivity contribution is 5.92. The van der Waals surface area contributed by atoms with E-state index in [0.717, 1.165) is 32.1 Å². The number of amides is 1. The van der Waals surface area contributed by atoms with E-state index >= 15 is 0 Å². The summed E-state index contributed by atoms with van der Waals surface area (Å²) >= 11 is 0. The van der Waals surface area contributed by atoms with Crippen LogP contribution in [0.3, 0.4) is 0 Å². The van der Waals surface area contributed by atoms with E-state index in [2.05, 4.69) is 26.1 Å². The fraction of sp³-hybridized carbons (Fsp3) is 0.886. The molecule has 0 heterocycles. The SMILES string of the molecule is C[C@H](CCC(=O)OC(C)(C)C)C1CC[C@H]2[C@@H]3CC[C@@H]4C[C@@H](OC(=O)[C@H](CC(=O)OC(C)(C)C)NC(=O)C(N)CC(=O)OC(C)(C)C)CC[C@]4(C)[C@H]3CC[C@]12C. The van der Waals surface area contributed by atoms with Gasteiger partial charge in [-0.25, -0.2) is 4.79 Å².